The Balaban J connectivity index is 1.89. The lowest BCUT2D eigenvalue weighted by atomic mass is 9.98. The molecule has 0 unspecified atom stereocenters. The molecule has 0 atom stereocenters. The average Bonchev–Trinajstić information content (AvgIpc) is 2.75. The Bertz CT molecular complexity index is 990. The smallest absolute Gasteiger partial charge is 0.259 e. The van der Waals surface area contributed by atoms with E-state index in [4.69, 9.17) is 5.21 Å². The highest BCUT2D eigenvalue weighted by Crippen LogP contribution is 2.32. The minimum atomic E-state index is -0.534. The third kappa shape index (κ3) is 8.12. The summed E-state index contributed by atoms with van der Waals surface area (Å²) in [6.45, 7) is 3.74. The summed E-state index contributed by atoms with van der Waals surface area (Å²) in [7, 11) is 0. The van der Waals surface area contributed by atoms with Crippen LogP contribution in [0.15, 0.2) is 36.4 Å². The first-order chi connectivity index (χ1) is 15.7. The predicted octanol–water partition coefficient (Wildman–Crippen LogP) is 4.26. The Morgan fingerprint density at radius 2 is 1.42 bits per heavy atom. The van der Waals surface area contributed by atoms with Gasteiger partial charge in [-0.1, -0.05) is 32.8 Å². The maximum Gasteiger partial charge on any atom is 0.259 e. The Morgan fingerprint density at radius 1 is 0.818 bits per heavy atom. The van der Waals surface area contributed by atoms with E-state index in [1.807, 2.05) is 13.8 Å². The molecule has 0 saturated heterocycles. The van der Waals surface area contributed by atoms with Crippen LogP contribution in [0.25, 0.3) is 0 Å². The van der Waals surface area contributed by atoms with E-state index >= 15 is 0 Å². The molecule has 0 aliphatic heterocycles. The van der Waals surface area contributed by atoms with E-state index in [0.29, 0.717) is 36.2 Å². The fourth-order valence-corrected chi connectivity index (χ4v) is 3.32. The molecular weight excluding hydrogens is 426 g/mol. The number of benzene rings is 2. The number of rotatable bonds is 11. The van der Waals surface area contributed by atoms with Gasteiger partial charge in [0.1, 0.15) is 11.5 Å². The van der Waals surface area contributed by atoms with Gasteiger partial charge in [-0.2, -0.15) is 0 Å². The van der Waals surface area contributed by atoms with E-state index in [1.165, 1.54) is 6.07 Å². The van der Waals surface area contributed by atoms with Crippen molar-refractivity contribution in [3.63, 3.8) is 0 Å². The van der Waals surface area contributed by atoms with Gasteiger partial charge in [0, 0.05) is 30.3 Å². The zero-order valence-electron chi connectivity index (χ0n) is 18.9. The second kappa shape index (κ2) is 12.4. The topological polar surface area (TPSA) is 148 Å². The fourth-order valence-electron chi connectivity index (χ4n) is 3.32. The molecule has 33 heavy (non-hydrogen) atoms. The molecule has 3 amide bonds. The van der Waals surface area contributed by atoms with Crippen LogP contribution in [0.4, 0.5) is 11.4 Å². The molecule has 0 bridgehead atoms. The minimum absolute atomic E-state index is 0.0317. The van der Waals surface area contributed by atoms with Crippen molar-refractivity contribution in [2.24, 2.45) is 0 Å². The molecule has 2 aromatic rings. The standard InChI is InChI=1S/C24H31N3O6/c1-15(2)18-13-19(21(29)14-20(18)28)24(32)26-17-9-7-8-16(12-17)25-22(30)10-5-3-4-6-11-23(31)27-33/h7-9,12-15,28-29,33H,3-6,10-11H2,1-2H3,(H,25,30)(H,26,32)(H,27,31). The molecule has 0 aliphatic carbocycles. The molecule has 6 N–H and O–H groups in total. The first kappa shape index (κ1) is 25.7. The molecule has 9 heteroatoms. The molecule has 0 fully saturated rings. The average molecular weight is 458 g/mol. The summed E-state index contributed by atoms with van der Waals surface area (Å²) in [6, 6.07) is 9.29. The van der Waals surface area contributed by atoms with E-state index in [2.05, 4.69) is 10.6 Å². The van der Waals surface area contributed by atoms with Gasteiger partial charge in [-0.3, -0.25) is 19.6 Å². The van der Waals surface area contributed by atoms with E-state index in [9.17, 15) is 24.6 Å². The van der Waals surface area contributed by atoms with Gasteiger partial charge in [-0.05, 0) is 48.6 Å². The van der Waals surface area contributed by atoms with Crippen LogP contribution in [0, 0.1) is 0 Å². The van der Waals surface area contributed by atoms with Gasteiger partial charge in [0.05, 0.1) is 5.56 Å². The van der Waals surface area contributed by atoms with Gasteiger partial charge >= 0.3 is 0 Å². The van der Waals surface area contributed by atoms with Crippen LogP contribution in [0.5, 0.6) is 11.5 Å². The SMILES string of the molecule is CC(C)c1cc(C(=O)Nc2cccc(NC(=O)CCCCCCC(=O)NO)c2)c(O)cc1O. The Labute approximate surface area is 192 Å². The highest BCUT2D eigenvalue weighted by Gasteiger charge is 2.17. The number of phenols is 2. The molecular formula is C24H31N3O6. The number of nitrogens with one attached hydrogen (secondary N) is 3. The summed E-state index contributed by atoms with van der Waals surface area (Å²) in [4.78, 5) is 35.8. The number of anilines is 2. The number of amides is 3. The lowest BCUT2D eigenvalue weighted by Crippen LogP contribution is -2.17. The maximum atomic E-state index is 12.7. The van der Waals surface area contributed by atoms with Gasteiger partial charge in [0.2, 0.25) is 11.8 Å². The molecule has 2 rings (SSSR count). The molecule has 0 saturated carbocycles. The number of carbonyl (C=O) groups excluding carboxylic acids is 3. The van der Waals surface area contributed by atoms with Crippen molar-refractivity contribution < 1.29 is 29.8 Å². The number of phenolic OH excluding ortho intramolecular Hbond substituents is 2. The molecule has 178 valence electrons. The lowest BCUT2D eigenvalue weighted by molar-refractivity contribution is -0.129. The number of carbonyl (C=O) groups is 3. The molecule has 0 aliphatic rings. The first-order valence-corrected chi connectivity index (χ1v) is 10.9. The van der Waals surface area contributed by atoms with Crippen LogP contribution in [0.1, 0.15) is 74.2 Å². The van der Waals surface area contributed by atoms with Gasteiger partial charge in [-0.15, -0.1) is 0 Å². The number of aromatic hydroxyl groups is 2. The zero-order chi connectivity index (χ0) is 24.4. The van der Waals surface area contributed by atoms with Crippen LogP contribution >= 0.6 is 0 Å². The van der Waals surface area contributed by atoms with Gasteiger partial charge in [-0.25, -0.2) is 5.48 Å². The van der Waals surface area contributed by atoms with Gasteiger partial charge in [0.15, 0.2) is 0 Å². The third-order valence-corrected chi connectivity index (χ3v) is 5.10. The maximum absolute atomic E-state index is 12.7. The summed E-state index contributed by atoms with van der Waals surface area (Å²) >= 11 is 0. The van der Waals surface area contributed by atoms with Crippen molar-refractivity contribution in [3.05, 3.63) is 47.5 Å². The number of unbranched alkanes of at least 4 members (excludes halogenated alkanes) is 3. The quantitative estimate of drug-likeness (QED) is 0.169. The molecule has 0 radical (unpaired) electrons. The Kier molecular flexibility index (Phi) is 9.68. The highest BCUT2D eigenvalue weighted by atomic mass is 16.5. The number of hydrogen-bond donors (Lipinski definition) is 6. The van der Waals surface area contributed by atoms with Crippen molar-refractivity contribution >= 4 is 29.1 Å². The highest BCUT2D eigenvalue weighted by molar-refractivity contribution is 6.06. The normalized spacial score (nSPS) is 10.7. The van der Waals surface area contributed by atoms with Crippen LogP contribution in [-0.4, -0.2) is 33.1 Å². The van der Waals surface area contributed by atoms with Crippen molar-refractivity contribution in [2.45, 2.75) is 58.3 Å². The minimum Gasteiger partial charge on any atom is -0.508 e. The van der Waals surface area contributed by atoms with Gasteiger partial charge in [0.25, 0.3) is 5.91 Å². The number of hydrogen-bond acceptors (Lipinski definition) is 6. The molecule has 0 aromatic heterocycles. The molecule has 2 aromatic carbocycles. The summed E-state index contributed by atoms with van der Waals surface area (Å²) in [5.74, 6) is -1.54. The number of hydroxylamine groups is 1. The summed E-state index contributed by atoms with van der Waals surface area (Å²) in [5, 5.41) is 34.0. The lowest BCUT2D eigenvalue weighted by Gasteiger charge is -2.13. The van der Waals surface area contributed by atoms with E-state index in [-0.39, 0.29) is 35.3 Å². The summed E-state index contributed by atoms with van der Waals surface area (Å²) < 4.78 is 0. The van der Waals surface area contributed by atoms with Crippen LogP contribution in [0.3, 0.4) is 0 Å². The second-order valence-electron chi connectivity index (χ2n) is 8.12. The van der Waals surface area contributed by atoms with Crippen molar-refractivity contribution in [1.82, 2.24) is 5.48 Å². The first-order valence-electron chi connectivity index (χ1n) is 10.9. The predicted molar refractivity (Wildman–Crippen MR) is 125 cm³/mol. The molecule has 9 nitrogen and oxygen atoms in total. The van der Waals surface area contributed by atoms with E-state index in [0.717, 1.165) is 18.9 Å². The summed E-state index contributed by atoms with van der Waals surface area (Å²) in [6.07, 6.45) is 3.46. The molecule has 0 spiro atoms. The van der Waals surface area contributed by atoms with Crippen LogP contribution < -0.4 is 16.1 Å². The monoisotopic (exact) mass is 457 g/mol. The van der Waals surface area contributed by atoms with Crippen molar-refractivity contribution in [3.8, 4) is 11.5 Å². The zero-order valence-corrected chi connectivity index (χ0v) is 18.9. The Morgan fingerprint density at radius 3 is 2.03 bits per heavy atom. The van der Waals surface area contributed by atoms with Gasteiger partial charge < -0.3 is 20.8 Å². The van der Waals surface area contributed by atoms with E-state index < -0.39 is 11.8 Å². The Hall–Kier alpha value is -3.59. The summed E-state index contributed by atoms with van der Waals surface area (Å²) in [5.41, 5.74) is 3.15. The third-order valence-electron chi connectivity index (χ3n) is 5.10. The second-order valence-corrected chi connectivity index (χ2v) is 8.12. The molecule has 0 heterocycles. The van der Waals surface area contributed by atoms with Crippen molar-refractivity contribution in [2.75, 3.05) is 10.6 Å². The van der Waals surface area contributed by atoms with Crippen molar-refractivity contribution in [1.29, 1.82) is 0 Å². The van der Waals surface area contributed by atoms with E-state index in [1.54, 1.807) is 29.7 Å². The fraction of sp³-hybridized carbons (Fsp3) is 0.375. The van der Waals surface area contributed by atoms with Crippen LogP contribution in [0.2, 0.25) is 0 Å². The van der Waals surface area contributed by atoms with Crippen LogP contribution in [-0.2, 0) is 9.59 Å². The largest absolute Gasteiger partial charge is 0.508 e.